The third-order valence-corrected chi connectivity index (χ3v) is 5.48. The van der Waals surface area contributed by atoms with Crippen molar-refractivity contribution in [3.8, 4) is 5.75 Å². The molecule has 1 amide bonds. The van der Waals surface area contributed by atoms with E-state index in [-0.39, 0.29) is 6.04 Å². The topological polar surface area (TPSA) is 65.1 Å². The Morgan fingerprint density at radius 1 is 1.06 bits per heavy atom. The molecule has 0 aliphatic carbocycles. The van der Waals surface area contributed by atoms with E-state index in [1.54, 1.807) is 6.92 Å². The second-order valence-corrected chi connectivity index (χ2v) is 9.01. The van der Waals surface area contributed by atoms with Gasteiger partial charge in [0, 0.05) is 0 Å². The molecule has 0 bridgehead atoms. The Bertz CT molecular complexity index is 904. The van der Waals surface area contributed by atoms with Crippen molar-refractivity contribution >= 4 is 12.1 Å². The van der Waals surface area contributed by atoms with Crippen molar-refractivity contribution in [2.75, 3.05) is 7.11 Å². The van der Waals surface area contributed by atoms with Crippen molar-refractivity contribution in [3.63, 3.8) is 0 Å². The number of amides is 1. The predicted molar refractivity (Wildman–Crippen MR) is 118 cm³/mol. The van der Waals surface area contributed by atoms with Gasteiger partial charge < -0.3 is 14.2 Å². The molecular formula is C25H31NO5. The Kier molecular flexibility index (Phi) is 6.58. The molecule has 6 heteroatoms. The molecule has 0 radical (unpaired) electrons. The monoisotopic (exact) mass is 425 g/mol. The normalized spacial score (nSPS) is 20.9. The summed E-state index contributed by atoms with van der Waals surface area (Å²) in [5, 5.41) is 0. The lowest BCUT2D eigenvalue weighted by Gasteiger charge is -2.37. The average molecular weight is 426 g/mol. The van der Waals surface area contributed by atoms with Crippen LogP contribution in [0.5, 0.6) is 5.75 Å². The molecule has 2 aromatic carbocycles. The number of methoxy groups -OCH3 is 1. The number of esters is 1. The number of nitrogens with zero attached hydrogens (tertiary/aromatic N) is 1. The van der Waals surface area contributed by atoms with Crippen molar-refractivity contribution in [2.45, 2.75) is 64.3 Å². The number of ether oxygens (including phenoxy) is 3. The van der Waals surface area contributed by atoms with Gasteiger partial charge in [0.05, 0.1) is 13.2 Å². The van der Waals surface area contributed by atoms with E-state index >= 15 is 0 Å². The maximum atomic E-state index is 13.1. The first kappa shape index (κ1) is 22.7. The van der Waals surface area contributed by atoms with E-state index in [4.69, 9.17) is 14.2 Å². The minimum absolute atomic E-state index is 0.290. The fraction of sp³-hybridized carbons (Fsp3) is 0.440. The lowest BCUT2D eigenvalue weighted by Crippen LogP contribution is -2.53. The summed E-state index contributed by atoms with van der Waals surface area (Å²) in [6, 6.07) is 17.3. The lowest BCUT2D eigenvalue weighted by atomic mass is 9.99. The first-order chi connectivity index (χ1) is 14.6. The summed E-state index contributed by atoms with van der Waals surface area (Å²) in [7, 11) is 1.34. The Hall–Kier alpha value is -3.02. The van der Waals surface area contributed by atoms with Gasteiger partial charge >= 0.3 is 12.1 Å². The van der Waals surface area contributed by atoms with Crippen molar-refractivity contribution in [1.29, 1.82) is 0 Å². The highest BCUT2D eigenvalue weighted by molar-refractivity contribution is 5.86. The summed E-state index contributed by atoms with van der Waals surface area (Å²) in [5.74, 6) is 0.300. The molecule has 0 spiro atoms. The van der Waals surface area contributed by atoms with Gasteiger partial charge in [0.15, 0.2) is 0 Å². The highest BCUT2D eigenvalue weighted by Gasteiger charge is 2.53. The van der Waals surface area contributed by atoms with Gasteiger partial charge in [-0.25, -0.2) is 9.59 Å². The average Bonchev–Trinajstić information content (AvgIpc) is 3.10. The zero-order chi connectivity index (χ0) is 22.6. The molecule has 1 aliphatic heterocycles. The van der Waals surface area contributed by atoms with E-state index in [2.05, 4.69) is 0 Å². The fourth-order valence-corrected chi connectivity index (χ4v) is 3.91. The van der Waals surface area contributed by atoms with E-state index in [0.29, 0.717) is 19.4 Å². The van der Waals surface area contributed by atoms with Crippen LogP contribution in [0.4, 0.5) is 4.79 Å². The van der Waals surface area contributed by atoms with E-state index in [9.17, 15) is 9.59 Å². The largest absolute Gasteiger partial charge is 0.489 e. The van der Waals surface area contributed by atoms with Gasteiger partial charge in [-0.05, 0) is 63.8 Å². The molecule has 166 valence electrons. The van der Waals surface area contributed by atoms with Gasteiger partial charge in [-0.15, -0.1) is 0 Å². The quantitative estimate of drug-likeness (QED) is 0.611. The maximum Gasteiger partial charge on any atom is 0.411 e. The van der Waals surface area contributed by atoms with Crippen LogP contribution < -0.4 is 4.74 Å². The van der Waals surface area contributed by atoms with Crippen molar-refractivity contribution in [2.24, 2.45) is 0 Å². The standard InChI is InChI=1S/C25H31NO5/c1-24(2,3)31-23(28)26-21(15-16-25(26,4)22(27)29-5)19-11-13-20(14-12-19)30-17-18-9-7-6-8-10-18/h6-14,21H,15-17H2,1-5H3/t21-,25+/m1/s1. The maximum absolute atomic E-state index is 13.1. The van der Waals surface area contributed by atoms with Gasteiger partial charge in [0.25, 0.3) is 0 Å². The molecular weight excluding hydrogens is 394 g/mol. The van der Waals surface area contributed by atoms with Crippen LogP contribution in [0.1, 0.15) is 57.7 Å². The second-order valence-electron chi connectivity index (χ2n) is 9.01. The number of likely N-dealkylation sites (tertiary alicyclic amines) is 1. The van der Waals surface area contributed by atoms with Gasteiger partial charge in [-0.1, -0.05) is 42.5 Å². The molecule has 0 aromatic heterocycles. The van der Waals surface area contributed by atoms with Gasteiger partial charge in [0.2, 0.25) is 0 Å². The molecule has 1 aliphatic rings. The third-order valence-electron chi connectivity index (χ3n) is 5.48. The first-order valence-corrected chi connectivity index (χ1v) is 10.5. The summed E-state index contributed by atoms with van der Waals surface area (Å²) in [4.78, 5) is 27.2. The number of carbonyl (C=O) groups is 2. The van der Waals surface area contributed by atoms with E-state index in [1.807, 2.05) is 75.4 Å². The molecule has 1 heterocycles. The Labute approximate surface area is 184 Å². The molecule has 0 N–H and O–H groups in total. The fourth-order valence-electron chi connectivity index (χ4n) is 3.91. The summed E-state index contributed by atoms with van der Waals surface area (Å²) < 4.78 is 16.5. The van der Waals surface area contributed by atoms with Crippen molar-refractivity contribution in [3.05, 3.63) is 65.7 Å². The number of hydrogen-bond donors (Lipinski definition) is 0. The Morgan fingerprint density at radius 2 is 1.71 bits per heavy atom. The van der Waals surface area contributed by atoms with Crippen LogP contribution in [0.25, 0.3) is 0 Å². The Morgan fingerprint density at radius 3 is 2.29 bits per heavy atom. The molecule has 1 saturated heterocycles. The lowest BCUT2D eigenvalue weighted by molar-refractivity contribution is -0.152. The van der Waals surface area contributed by atoms with Crippen LogP contribution in [0.3, 0.4) is 0 Å². The van der Waals surface area contributed by atoms with Gasteiger partial charge in [0.1, 0.15) is 23.5 Å². The SMILES string of the molecule is COC(=O)[C@]1(C)CC[C@H](c2ccc(OCc3ccccc3)cc2)N1C(=O)OC(C)(C)C. The zero-order valence-corrected chi connectivity index (χ0v) is 18.9. The molecule has 3 rings (SSSR count). The molecule has 6 nitrogen and oxygen atoms in total. The van der Waals surface area contributed by atoms with E-state index in [1.165, 1.54) is 12.0 Å². The number of benzene rings is 2. The van der Waals surface area contributed by atoms with Crippen LogP contribution in [-0.4, -0.2) is 35.2 Å². The van der Waals surface area contributed by atoms with Gasteiger partial charge in [-0.2, -0.15) is 0 Å². The van der Waals surface area contributed by atoms with Crippen LogP contribution in [0.15, 0.2) is 54.6 Å². The Balaban J connectivity index is 1.80. The summed E-state index contributed by atoms with van der Waals surface area (Å²) in [6.07, 6.45) is 0.609. The molecule has 2 atom stereocenters. The van der Waals surface area contributed by atoms with E-state index < -0.39 is 23.2 Å². The molecule has 2 aromatic rings. The van der Waals surface area contributed by atoms with Crippen LogP contribution in [-0.2, 0) is 20.9 Å². The molecule has 0 saturated carbocycles. The number of rotatable bonds is 5. The number of hydrogen-bond acceptors (Lipinski definition) is 5. The third kappa shape index (κ3) is 5.19. The van der Waals surface area contributed by atoms with Crippen LogP contribution in [0, 0.1) is 0 Å². The van der Waals surface area contributed by atoms with Crippen LogP contribution in [0.2, 0.25) is 0 Å². The number of carbonyl (C=O) groups excluding carboxylic acids is 2. The first-order valence-electron chi connectivity index (χ1n) is 10.5. The van der Waals surface area contributed by atoms with Crippen molar-refractivity contribution < 1.29 is 23.8 Å². The molecule has 31 heavy (non-hydrogen) atoms. The minimum atomic E-state index is -1.08. The smallest absolute Gasteiger partial charge is 0.411 e. The molecule has 0 unspecified atom stereocenters. The zero-order valence-electron chi connectivity index (χ0n) is 18.9. The van der Waals surface area contributed by atoms with Crippen molar-refractivity contribution in [1.82, 2.24) is 4.90 Å². The van der Waals surface area contributed by atoms with Crippen LogP contribution >= 0.6 is 0 Å². The minimum Gasteiger partial charge on any atom is -0.489 e. The summed E-state index contributed by atoms with van der Waals surface area (Å²) in [5.41, 5.74) is 0.263. The summed E-state index contributed by atoms with van der Waals surface area (Å²) in [6.45, 7) is 7.65. The second kappa shape index (κ2) is 9.00. The van der Waals surface area contributed by atoms with Gasteiger partial charge in [-0.3, -0.25) is 4.90 Å². The predicted octanol–water partition coefficient (Wildman–Crippen LogP) is 5.27. The highest BCUT2D eigenvalue weighted by Crippen LogP contribution is 2.44. The molecule has 1 fully saturated rings. The van der Waals surface area contributed by atoms with E-state index in [0.717, 1.165) is 16.9 Å². The summed E-state index contributed by atoms with van der Waals surface area (Å²) >= 11 is 0. The highest BCUT2D eigenvalue weighted by atomic mass is 16.6.